The van der Waals surface area contributed by atoms with Crippen molar-refractivity contribution < 1.29 is 4.21 Å². The molecule has 0 aliphatic heterocycles. The van der Waals surface area contributed by atoms with Crippen LogP contribution in [0, 0.1) is 13.8 Å². The van der Waals surface area contributed by atoms with Gasteiger partial charge < -0.3 is 0 Å². The molecule has 13 heavy (non-hydrogen) atoms. The Morgan fingerprint density at radius 1 is 1.23 bits per heavy atom. The van der Waals surface area contributed by atoms with E-state index >= 15 is 0 Å². The summed E-state index contributed by atoms with van der Waals surface area (Å²) in [6, 6.07) is 6.07. The molecule has 1 rings (SSSR count). The van der Waals surface area contributed by atoms with E-state index in [9.17, 15) is 4.21 Å². The normalized spacial score (nSPS) is 13.3. The van der Waals surface area contributed by atoms with E-state index in [1.807, 2.05) is 32.9 Å². The molecule has 1 nitrogen and oxygen atoms in total. The van der Waals surface area contributed by atoms with Crippen LogP contribution < -0.4 is 0 Å². The third-order valence-corrected chi connectivity index (χ3v) is 3.72. The SMILES string of the molecule is Cc1ccc([S@@](=O)C(C)C)c(C)c1. The van der Waals surface area contributed by atoms with Gasteiger partial charge in [0.2, 0.25) is 0 Å². The zero-order valence-corrected chi connectivity index (χ0v) is 9.44. The Kier molecular flexibility index (Phi) is 3.26. The second-order valence-electron chi connectivity index (χ2n) is 3.62. The molecule has 0 bridgehead atoms. The average molecular weight is 196 g/mol. The van der Waals surface area contributed by atoms with Gasteiger partial charge in [-0.2, -0.15) is 0 Å². The van der Waals surface area contributed by atoms with Crippen LogP contribution in [0.15, 0.2) is 23.1 Å². The fourth-order valence-electron chi connectivity index (χ4n) is 1.28. The Bertz CT molecular complexity index is 329. The molecule has 0 fully saturated rings. The Morgan fingerprint density at radius 3 is 2.31 bits per heavy atom. The van der Waals surface area contributed by atoms with Gasteiger partial charge in [-0.15, -0.1) is 0 Å². The molecule has 0 spiro atoms. The molecule has 0 aliphatic carbocycles. The van der Waals surface area contributed by atoms with Crippen LogP contribution in [0.3, 0.4) is 0 Å². The molecule has 2 heteroatoms. The third-order valence-electron chi connectivity index (χ3n) is 1.98. The molecule has 0 N–H and O–H groups in total. The van der Waals surface area contributed by atoms with Crippen molar-refractivity contribution in [1.82, 2.24) is 0 Å². The van der Waals surface area contributed by atoms with E-state index in [-0.39, 0.29) is 5.25 Å². The molecule has 0 unspecified atom stereocenters. The van der Waals surface area contributed by atoms with Gasteiger partial charge in [-0.05, 0) is 25.5 Å². The lowest BCUT2D eigenvalue weighted by molar-refractivity contribution is 0.676. The lowest BCUT2D eigenvalue weighted by Crippen LogP contribution is -2.07. The highest BCUT2D eigenvalue weighted by Gasteiger charge is 2.10. The number of rotatable bonds is 2. The predicted octanol–water partition coefficient (Wildman–Crippen LogP) is 2.82. The molecule has 1 aromatic rings. The number of hydrogen-bond donors (Lipinski definition) is 0. The summed E-state index contributed by atoms with van der Waals surface area (Å²) in [5.41, 5.74) is 2.36. The second-order valence-corrected chi connectivity index (χ2v) is 5.59. The molecule has 1 aromatic carbocycles. The Hall–Kier alpha value is -0.630. The topological polar surface area (TPSA) is 17.1 Å². The van der Waals surface area contributed by atoms with Gasteiger partial charge in [0, 0.05) is 10.1 Å². The van der Waals surface area contributed by atoms with Crippen LogP contribution >= 0.6 is 0 Å². The van der Waals surface area contributed by atoms with Crippen LogP contribution in [0.4, 0.5) is 0 Å². The van der Waals surface area contributed by atoms with E-state index in [0.717, 1.165) is 10.5 Å². The van der Waals surface area contributed by atoms with Crippen molar-refractivity contribution in [3.05, 3.63) is 29.3 Å². The average Bonchev–Trinajstić information content (AvgIpc) is 2.03. The van der Waals surface area contributed by atoms with Crippen molar-refractivity contribution in [2.45, 2.75) is 37.8 Å². The highest BCUT2D eigenvalue weighted by molar-refractivity contribution is 7.85. The molecule has 0 aliphatic rings. The lowest BCUT2D eigenvalue weighted by atomic mass is 10.2. The second kappa shape index (κ2) is 4.05. The van der Waals surface area contributed by atoms with Gasteiger partial charge in [-0.3, -0.25) is 4.21 Å². The third kappa shape index (κ3) is 2.41. The fraction of sp³-hybridized carbons (Fsp3) is 0.455. The van der Waals surface area contributed by atoms with E-state index in [1.54, 1.807) is 0 Å². The van der Waals surface area contributed by atoms with Crippen molar-refractivity contribution in [2.24, 2.45) is 0 Å². The first-order valence-corrected chi connectivity index (χ1v) is 5.71. The van der Waals surface area contributed by atoms with Crippen LogP contribution in [0.1, 0.15) is 25.0 Å². The summed E-state index contributed by atoms with van der Waals surface area (Å²) < 4.78 is 11.8. The summed E-state index contributed by atoms with van der Waals surface area (Å²) in [5.74, 6) is 0. The summed E-state index contributed by atoms with van der Waals surface area (Å²) in [5, 5.41) is 0.196. The van der Waals surface area contributed by atoms with Gasteiger partial charge >= 0.3 is 0 Å². The van der Waals surface area contributed by atoms with Gasteiger partial charge in [0.15, 0.2) is 0 Å². The van der Waals surface area contributed by atoms with Crippen LogP contribution in [0.2, 0.25) is 0 Å². The van der Waals surface area contributed by atoms with Crippen molar-refractivity contribution in [3.63, 3.8) is 0 Å². The van der Waals surface area contributed by atoms with Gasteiger partial charge in [-0.1, -0.05) is 31.5 Å². The molecule has 0 saturated heterocycles. The van der Waals surface area contributed by atoms with Crippen LogP contribution in [0.5, 0.6) is 0 Å². The monoisotopic (exact) mass is 196 g/mol. The van der Waals surface area contributed by atoms with Gasteiger partial charge in [0.05, 0.1) is 10.8 Å². The minimum atomic E-state index is -0.855. The zero-order chi connectivity index (χ0) is 10.0. The van der Waals surface area contributed by atoms with E-state index in [2.05, 4.69) is 13.0 Å². The van der Waals surface area contributed by atoms with Crippen molar-refractivity contribution in [2.75, 3.05) is 0 Å². The standard InChI is InChI=1S/C11H16OS/c1-8(2)13(12)11-6-5-9(3)7-10(11)4/h5-8H,1-4H3/t13-/m0/s1. The molecule has 0 radical (unpaired) electrons. The van der Waals surface area contributed by atoms with Crippen LogP contribution in [-0.2, 0) is 10.8 Å². The largest absolute Gasteiger partial charge is 0.254 e. The van der Waals surface area contributed by atoms with Gasteiger partial charge in [-0.25, -0.2) is 0 Å². The summed E-state index contributed by atoms with van der Waals surface area (Å²) >= 11 is 0. The summed E-state index contributed by atoms with van der Waals surface area (Å²) in [7, 11) is -0.855. The summed E-state index contributed by atoms with van der Waals surface area (Å²) in [4.78, 5) is 0.973. The maximum atomic E-state index is 11.8. The molecule has 0 aromatic heterocycles. The molecule has 72 valence electrons. The lowest BCUT2D eigenvalue weighted by Gasteiger charge is -2.08. The van der Waals surface area contributed by atoms with Gasteiger partial charge in [0.1, 0.15) is 0 Å². The molecule has 0 amide bonds. The van der Waals surface area contributed by atoms with Crippen molar-refractivity contribution >= 4 is 10.8 Å². The summed E-state index contributed by atoms with van der Waals surface area (Å²) in [6.07, 6.45) is 0. The first kappa shape index (κ1) is 10.5. The Balaban J connectivity index is 3.09. The minimum Gasteiger partial charge on any atom is -0.254 e. The van der Waals surface area contributed by atoms with E-state index in [1.165, 1.54) is 5.56 Å². The predicted molar refractivity (Wildman–Crippen MR) is 57.5 cm³/mol. The molecule has 1 atom stereocenters. The number of hydrogen-bond acceptors (Lipinski definition) is 1. The quantitative estimate of drug-likeness (QED) is 0.711. The van der Waals surface area contributed by atoms with E-state index in [4.69, 9.17) is 0 Å². The van der Waals surface area contributed by atoms with Crippen LogP contribution in [-0.4, -0.2) is 9.46 Å². The first-order chi connectivity index (χ1) is 6.02. The minimum absolute atomic E-state index is 0.196. The molecular weight excluding hydrogens is 180 g/mol. The molecule has 0 heterocycles. The smallest absolute Gasteiger partial charge is 0.0557 e. The Labute approximate surface area is 82.6 Å². The zero-order valence-electron chi connectivity index (χ0n) is 8.63. The first-order valence-electron chi connectivity index (χ1n) is 4.50. The maximum absolute atomic E-state index is 11.8. The van der Waals surface area contributed by atoms with Crippen molar-refractivity contribution in [3.8, 4) is 0 Å². The molecular formula is C11H16OS. The van der Waals surface area contributed by atoms with Gasteiger partial charge in [0.25, 0.3) is 0 Å². The van der Waals surface area contributed by atoms with Crippen LogP contribution in [0.25, 0.3) is 0 Å². The van der Waals surface area contributed by atoms with E-state index in [0.29, 0.717) is 0 Å². The number of benzene rings is 1. The Morgan fingerprint density at radius 2 is 1.85 bits per heavy atom. The maximum Gasteiger partial charge on any atom is 0.0557 e. The van der Waals surface area contributed by atoms with E-state index < -0.39 is 10.8 Å². The fourth-order valence-corrected chi connectivity index (χ4v) is 2.37. The van der Waals surface area contributed by atoms with Crippen molar-refractivity contribution in [1.29, 1.82) is 0 Å². The highest BCUT2D eigenvalue weighted by Crippen LogP contribution is 2.17. The molecule has 0 saturated carbocycles. The summed E-state index contributed by atoms with van der Waals surface area (Å²) in [6.45, 7) is 8.03. The highest BCUT2D eigenvalue weighted by atomic mass is 32.2. The number of aryl methyl sites for hydroxylation is 2.